The second-order valence-electron chi connectivity index (χ2n) is 6.29. The van der Waals surface area contributed by atoms with Crippen LogP contribution in [0.1, 0.15) is 16.5 Å². The summed E-state index contributed by atoms with van der Waals surface area (Å²) in [7, 11) is 0. The number of rotatable bonds is 2. The molecule has 0 saturated carbocycles. The first-order chi connectivity index (χ1) is 12.8. The van der Waals surface area contributed by atoms with Gasteiger partial charge in [0.15, 0.2) is 0 Å². The fourth-order valence-electron chi connectivity index (χ4n) is 3.51. The molecule has 0 bridgehead atoms. The summed E-state index contributed by atoms with van der Waals surface area (Å²) in [6.45, 7) is 0. The molecule has 0 fully saturated rings. The van der Waals surface area contributed by atoms with Crippen LogP contribution in [0.5, 0.6) is 5.75 Å². The Bertz CT molecular complexity index is 1120. The van der Waals surface area contributed by atoms with Crippen molar-refractivity contribution in [3.8, 4) is 5.75 Å². The summed E-state index contributed by atoms with van der Waals surface area (Å²) in [4.78, 5) is 0. The fraction of sp³-hybridized carbons (Fsp3) is 0.0455. The number of hydrazone groups is 1. The number of nitrogens with one attached hydrogen (secondary N) is 1. The number of thioether (sulfide) groups is 1. The maximum absolute atomic E-state index is 10.1. The molecular formula is C22H16N2OS. The summed E-state index contributed by atoms with van der Waals surface area (Å²) < 4.78 is 0. The van der Waals surface area contributed by atoms with E-state index in [0.29, 0.717) is 0 Å². The van der Waals surface area contributed by atoms with Gasteiger partial charge in [-0.15, -0.1) is 0 Å². The van der Waals surface area contributed by atoms with Crippen LogP contribution in [0.2, 0.25) is 0 Å². The van der Waals surface area contributed by atoms with E-state index < -0.39 is 0 Å². The predicted molar refractivity (Wildman–Crippen MR) is 110 cm³/mol. The second-order valence-corrected chi connectivity index (χ2v) is 7.39. The molecule has 1 heterocycles. The fourth-order valence-corrected chi connectivity index (χ4v) is 4.62. The van der Waals surface area contributed by atoms with Crippen molar-refractivity contribution in [2.24, 2.45) is 5.10 Å². The van der Waals surface area contributed by atoms with E-state index in [1.54, 1.807) is 17.8 Å². The summed E-state index contributed by atoms with van der Waals surface area (Å²) in [6.07, 6.45) is 0. The van der Waals surface area contributed by atoms with Crippen LogP contribution in [-0.4, -0.2) is 10.2 Å². The summed E-state index contributed by atoms with van der Waals surface area (Å²) in [5.41, 5.74) is 5.27. The van der Waals surface area contributed by atoms with Crippen LogP contribution in [-0.2, 0) is 0 Å². The smallest absolute Gasteiger partial charge is 0.129 e. The Balaban J connectivity index is 1.65. The van der Waals surface area contributed by atoms with Gasteiger partial charge in [-0.25, -0.2) is 0 Å². The third kappa shape index (κ3) is 2.42. The molecule has 0 aromatic heterocycles. The lowest BCUT2D eigenvalue weighted by atomic mass is 9.97. The first-order valence-corrected chi connectivity index (χ1v) is 9.38. The van der Waals surface area contributed by atoms with E-state index in [9.17, 15) is 5.11 Å². The molecule has 0 spiro atoms. The SMILES string of the molecule is Oc1ccccc1C1=NN[C@@H](c2c3ccccc3cc3ccccc23)S1. The van der Waals surface area contributed by atoms with Crippen molar-refractivity contribution in [3.63, 3.8) is 0 Å². The van der Waals surface area contributed by atoms with E-state index in [0.717, 1.165) is 10.6 Å². The molecule has 0 radical (unpaired) electrons. The van der Waals surface area contributed by atoms with E-state index >= 15 is 0 Å². The van der Waals surface area contributed by atoms with E-state index in [1.807, 2.05) is 18.2 Å². The molecule has 0 amide bonds. The van der Waals surface area contributed by atoms with Gasteiger partial charge in [0, 0.05) is 5.56 Å². The number of aromatic hydroxyl groups is 1. The van der Waals surface area contributed by atoms with Crippen LogP contribution in [0, 0.1) is 0 Å². The van der Waals surface area contributed by atoms with Crippen molar-refractivity contribution < 1.29 is 5.11 Å². The van der Waals surface area contributed by atoms with E-state index in [1.165, 1.54) is 27.1 Å². The molecule has 1 aliphatic rings. The number of phenolic OH excluding ortho intramolecular Hbond substituents is 1. The third-order valence-electron chi connectivity index (χ3n) is 4.72. The summed E-state index contributed by atoms with van der Waals surface area (Å²) in [6, 6.07) is 26.5. The zero-order valence-corrected chi connectivity index (χ0v) is 14.7. The number of hydrogen-bond donors (Lipinski definition) is 2. The number of benzene rings is 4. The Morgan fingerprint density at radius 1 is 0.808 bits per heavy atom. The first-order valence-electron chi connectivity index (χ1n) is 8.50. The number of nitrogens with zero attached hydrogens (tertiary/aromatic N) is 1. The minimum absolute atomic E-state index is 0.000561. The van der Waals surface area contributed by atoms with Crippen LogP contribution in [0.15, 0.2) is 84.0 Å². The molecule has 4 aromatic carbocycles. The molecule has 0 aliphatic carbocycles. The van der Waals surface area contributed by atoms with Gasteiger partial charge in [0.25, 0.3) is 0 Å². The Kier molecular flexibility index (Phi) is 3.57. The standard InChI is InChI=1S/C22H16N2OS/c25-19-12-6-5-11-18(19)21-23-24-22(26-21)20-16-9-3-1-7-14(16)13-15-8-2-4-10-17(15)20/h1-13,22,24-25H/t22-/m1/s1. The van der Waals surface area contributed by atoms with E-state index in [4.69, 9.17) is 0 Å². The van der Waals surface area contributed by atoms with Gasteiger partial charge in [0.05, 0.1) is 5.56 Å². The molecule has 1 atom stereocenters. The lowest BCUT2D eigenvalue weighted by molar-refractivity contribution is 0.474. The monoisotopic (exact) mass is 356 g/mol. The summed E-state index contributed by atoms with van der Waals surface area (Å²) in [5, 5.41) is 20.4. The van der Waals surface area contributed by atoms with Gasteiger partial charge >= 0.3 is 0 Å². The largest absolute Gasteiger partial charge is 0.507 e. The molecular weight excluding hydrogens is 340 g/mol. The summed E-state index contributed by atoms with van der Waals surface area (Å²) >= 11 is 1.64. The highest BCUT2D eigenvalue weighted by atomic mass is 32.2. The van der Waals surface area contributed by atoms with Crippen molar-refractivity contribution in [1.29, 1.82) is 0 Å². The van der Waals surface area contributed by atoms with Crippen LogP contribution in [0.25, 0.3) is 21.5 Å². The highest BCUT2D eigenvalue weighted by molar-refractivity contribution is 8.14. The van der Waals surface area contributed by atoms with Gasteiger partial charge in [-0.05, 0) is 39.7 Å². The highest BCUT2D eigenvalue weighted by Crippen LogP contribution is 2.42. The molecule has 5 rings (SSSR count). The van der Waals surface area contributed by atoms with Crippen molar-refractivity contribution >= 4 is 38.4 Å². The summed E-state index contributed by atoms with van der Waals surface area (Å²) in [5.74, 6) is 0.254. The van der Waals surface area contributed by atoms with Gasteiger partial charge in [0.2, 0.25) is 0 Å². The van der Waals surface area contributed by atoms with Gasteiger partial charge in [0.1, 0.15) is 16.2 Å². The minimum atomic E-state index is 0.000561. The lowest BCUT2D eigenvalue weighted by Gasteiger charge is -2.16. The molecule has 0 unspecified atom stereocenters. The van der Waals surface area contributed by atoms with Crippen LogP contribution in [0.4, 0.5) is 0 Å². The topological polar surface area (TPSA) is 44.6 Å². The number of phenols is 1. The second kappa shape index (κ2) is 6.07. The third-order valence-corrected chi connectivity index (χ3v) is 5.83. The zero-order chi connectivity index (χ0) is 17.5. The van der Waals surface area contributed by atoms with Crippen LogP contribution < -0.4 is 5.43 Å². The number of hydrogen-bond acceptors (Lipinski definition) is 4. The normalized spacial score (nSPS) is 16.6. The number of fused-ring (bicyclic) bond motifs is 2. The Labute approximate surface area is 155 Å². The van der Waals surface area contributed by atoms with Gasteiger partial charge < -0.3 is 5.11 Å². The van der Waals surface area contributed by atoms with E-state index in [2.05, 4.69) is 65.1 Å². The van der Waals surface area contributed by atoms with Crippen molar-refractivity contribution in [1.82, 2.24) is 5.43 Å². The quantitative estimate of drug-likeness (QED) is 0.473. The molecule has 126 valence electrons. The van der Waals surface area contributed by atoms with Gasteiger partial charge in [-0.1, -0.05) is 72.4 Å². The minimum Gasteiger partial charge on any atom is -0.507 e. The highest BCUT2D eigenvalue weighted by Gasteiger charge is 2.26. The lowest BCUT2D eigenvalue weighted by Crippen LogP contribution is -2.08. The molecule has 2 N–H and O–H groups in total. The van der Waals surface area contributed by atoms with Gasteiger partial charge in [-0.2, -0.15) is 5.10 Å². The molecule has 3 nitrogen and oxygen atoms in total. The molecule has 26 heavy (non-hydrogen) atoms. The average Bonchev–Trinajstić information content (AvgIpc) is 3.16. The van der Waals surface area contributed by atoms with Crippen molar-refractivity contribution in [2.75, 3.05) is 0 Å². The molecule has 4 aromatic rings. The van der Waals surface area contributed by atoms with Crippen molar-refractivity contribution in [2.45, 2.75) is 5.37 Å². The van der Waals surface area contributed by atoms with Crippen molar-refractivity contribution in [3.05, 3.63) is 90.0 Å². The predicted octanol–water partition coefficient (Wildman–Crippen LogP) is 5.40. The Morgan fingerprint density at radius 2 is 1.42 bits per heavy atom. The van der Waals surface area contributed by atoms with Crippen LogP contribution in [0.3, 0.4) is 0 Å². The maximum atomic E-state index is 10.1. The Morgan fingerprint density at radius 3 is 2.12 bits per heavy atom. The van der Waals surface area contributed by atoms with E-state index in [-0.39, 0.29) is 11.1 Å². The maximum Gasteiger partial charge on any atom is 0.129 e. The van der Waals surface area contributed by atoms with Crippen LogP contribution >= 0.6 is 11.8 Å². The van der Waals surface area contributed by atoms with Gasteiger partial charge in [-0.3, -0.25) is 5.43 Å². The Hall–Kier alpha value is -2.98. The zero-order valence-electron chi connectivity index (χ0n) is 13.9. The average molecular weight is 356 g/mol. The molecule has 1 aliphatic heterocycles. The molecule has 4 heteroatoms. The number of para-hydroxylation sites is 1. The first kappa shape index (κ1) is 15.3. The molecule has 0 saturated heterocycles.